The van der Waals surface area contributed by atoms with E-state index in [0.717, 1.165) is 11.3 Å². The van der Waals surface area contributed by atoms with Crippen LogP contribution in [0.1, 0.15) is 42.4 Å². The molecule has 0 aliphatic rings. The molecule has 0 saturated heterocycles. The number of Topliss-reactive ketones (excluding diaryl/α,β-unsaturated/α-hetero) is 1. The predicted octanol–water partition coefficient (Wildman–Crippen LogP) is 4.36. The Morgan fingerprint density at radius 2 is 2.00 bits per heavy atom. The average Bonchev–Trinajstić information content (AvgIpc) is 2.79. The average molecular weight is 360 g/mol. The maximum absolute atomic E-state index is 12.2. The molecule has 5 nitrogen and oxygen atoms in total. The van der Waals surface area contributed by atoms with E-state index in [-0.39, 0.29) is 11.7 Å². The van der Waals surface area contributed by atoms with E-state index in [1.54, 1.807) is 35.0 Å². The Labute approximate surface area is 152 Å². The number of nitrogens with zero attached hydrogens (tertiary/aromatic N) is 2. The van der Waals surface area contributed by atoms with E-state index >= 15 is 0 Å². The number of anilines is 1. The van der Waals surface area contributed by atoms with E-state index in [1.807, 2.05) is 6.92 Å². The third-order valence-electron chi connectivity index (χ3n) is 3.61. The number of ketones is 1. The molecule has 0 spiro atoms. The number of aromatic nitrogens is 2. The molecule has 0 bridgehead atoms. The van der Waals surface area contributed by atoms with Crippen LogP contribution in [-0.2, 0) is 11.3 Å². The van der Waals surface area contributed by atoms with E-state index in [9.17, 15) is 9.59 Å². The highest BCUT2D eigenvalue weighted by atomic mass is 35.5. The Hall–Kier alpha value is -2.40. The molecule has 1 heterocycles. The van der Waals surface area contributed by atoms with Crippen LogP contribution in [0.4, 0.5) is 5.69 Å². The van der Waals surface area contributed by atoms with E-state index in [0.29, 0.717) is 28.9 Å². The second-order valence-electron chi connectivity index (χ2n) is 6.29. The van der Waals surface area contributed by atoms with Gasteiger partial charge in [0.15, 0.2) is 5.78 Å². The lowest BCUT2D eigenvalue weighted by molar-refractivity contribution is -0.111. The highest BCUT2D eigenvalue weighted by Gasteiger charge is 2.13. The van der Waals surface area contributed by atoms with E-state index in [2.05, 4.69) is 24.3 Å². The summed E-state index contributed by atoms with van der Waals surface area (Å²) in [5, 5.41) is 7.64. The number of carbonyl (C=O) groups excluding carboxylic acids is 2. The zero-order valence-corrected chi connectivity index (χ0v) is 15.6. The van der Waals surface area contributed by atoms with Crippen LogP contribution in [-0.4, -0.2) is 21.5 Å². The third kappa shape index (κ3) is 4.79. The minimum absolute atomic E-state index is 0.103. The van der Waals surface area contributed by atoms with Crippen molar-refractivity contribution in [3.63, 3.8) is 0 Å². The van der Waals surface area contributed by atoms with Gasteiger partial charge in [-0.2, -0.15) is 5.10 Å². The van der Waals surface area contributed by atoms with Crippen LogP contribution < -0.4 is 5.32 Å². The number of nitrogens with one attached hydrogen (secondary N) is 1. The highest BCUT2D eigenvalue weighted by Crippen LogP contribution is 2.22. The molecule has 1 aromatic heterocycles. The summed E-state index contributed by atoms with van der Waals surface area (Å²) in [5.41, 5.74) is 2.45. The Balaban J connectivity index is 2.16. The third-order valence-corrected chi connectivity index (χ3v) is 4.01. The smallest absolute Gasteiger partial charge is 0.248 e. The first kappa shape index (κ1) is 18.9. The zero-order valence-electron chi connectivity index (χ0n) is 14.8. The Morgan fingerprint density at radius 3 is 2.64 bits per heavy atom. The largest absolute Gasteiger partial charge is 0.322 e. The minimum Gasteiger partial charge on any atom is -0.322 e. The first-order valence-corrected chi connectivity index (χ1v) is 8.49. The van der Waals surface area contributed by atoms with Gasteiger partial charge in [0, 0.05) is 23.7 Å². The lowest BCUT2D eigenvalue weighted by atomic mass is 10.1. The summed E-state index contributed by atoms with van der Waals surface area (Å²) in [6, 6.07) is 6.90. The van der Waals surface area contributed by atoms with Crippen molar-refractivity contribution in [2.75, 3.05) is 5.32 Å². The SMILES string of the molecule is CC(=O)c1ccccc1NC(=O)/C=C/c1c(C)nn(CC(C)C)c1Cl. The maximum Gasteiger partial charge on any atom is 0.248 e. The molecule has 1 N–H and O–H groups in total. The van der Waals surface area contributed by atoms with Gasteiger partial charge in [-0.25, -0.2) is 0 Å². The summed E-state index contributed by atoms with van der Waals surface area (Å²) < 4.78 is 1.74. The van der Waals surface area contributed by atoms with Crippen molar-refractivity contribution in [2.24, 2.45) is 5.92 Å². The van der Waals surface area contributed by atoms with Crippen molar-refractivity contribution in [3.8, 4) is 0 Å². The Morgan fingerprint density at radius 1 is 1.32 bits per heavy atom. The van der Waals surface area contributed by atoms with E-state index in [1.165, 1.54) is 13.0 Å². The molecule has 1 amide bonds. The minimum atomic E-state index is -0.333. The van der Waals surface area contributed by atoms with Crippen LogP contribution in [0.5, 0.6) is 0 Å². The highest BCUT2D eigenvalue weighted by molar-refractivity contribution is 6.31. The van der Waals surface area contributed by atoms with Gasteiger partial charge in [0.2, 0.25) is 5.91 Å². The number of halogens is 1. The number of aryl methyl sites for hydroxylation is 1. The van der Waals surface area contributed by atoms with Crippen molar-refractivity contribution < 1.29 is 9.59 Å². The molecule has 0 atom stereocenters. The molecule has 132 valence electrons. The van der Waals surface area contributed by atoms with Crippen LogP contribution in [0.3, 0.4) is 0 Å². The summed E-state index contributed by atoms with van der Waals surface area (Å²) in [4.78, 5) is 23.8. The van der Waals surface area contributed by atoms with Gasteiger partial charge in [0.1, 0.15) is 5.15 Å². The molecular weight excluding hydrogens is 338 g/mol. The van der Waals surface area contributed by atoms with Crippen LogP contribution in [0.25, 0.3) is 6.08 Å². The number of amides is 1. The van der Waals surface area contributed by atoms with E-state index in [4.69, 9.17) is 11.6 Å². The van der Waals surface area contributed by atoms with E-state index < -0.39 is 0 Å². The fourth-order valence-corrected chi connectivity index (χ4v) is 2.76. The first-order valence-electron chi connectivity index (χ1n) is 8.11. The second kappa shape index (κ2) is 8.12. The standard InChI is InChI=1S/C19H22ClN3O2/c1-12(2)11-23-19(20)15(13(3)22-23)9-10-18(25)21-17-8-6-5-7-16(17)14(4)24/h5-10,12H,11H2,1-4H3,(H,21,25)/b10-9+. The summed E-state index contributed by atoms with van der Waals surface area (Å²) >= 11 is 6.36. The second-order valence-corrected chi connectivity index (χ2v) is 6.65. The Kier molecular flexibility index (Phi) is 6.15. The molecule has 6 heteroatoms. The fraction of sp³-hybridized carbons (Fsp3) is 0.316. The van der Waals surface area contributed by atoms with Gasteiger partial charge in [-0.3, -0.25) is 14.3 Å². The fourth-order valence-electron chi connectivity index (χ4n) is 2.46. The van der Waals surface area contributed by atoms with Crippen molar-refractivity contribution >= 4 is 35.1 Å². The van der Waals surface area contributed by atoms with Gasteiger partial charge in [-0.15, -0.1) is 0 Å². The monoisotopic (exact) mass is 359 g/mol. The summed E-state index contributed by atoms with van der Waals surface area (Å²) in [6.07, 6.45) is 3.04. The molecular formula is C19H22ClN3O2. The van der Waals surface area contributed by atoms with Gasteiger partial charge < -0.3 is 5.32 Å². The van der Waals surface area contributed by atoms with Crippen LogP contribution >= 0.6 is 11.6 Å². The summed E-state index contributed by atoms with van der Waals surface area (Å²) in [7, 11) is 0. The van der Waals surface area contributed by atoms with Gasteiger partial charge >= 0.3 is 0 Å². The number of carbonyl (C=O) groups is 2. The molecule has 2 aromatic rings. The van der Waals surface area contributed by atoms with Gasteiger partial charge in [-0.1, -0.05) is 37.6 Å². The Bertz CT molecular complexity index is 822. The topological polar surface area (TPSA) is 64.0 Å². The first-order chi connectivity index (χ1) is 11.8. The molecule has 0 radical (unpaired) electrons. The van der Waals surface area contributed by atoms with Crippen molar-refractivity contribution in [1.29, 1.82) is 0 Å². The van der Waals surface area contributed by atoms with Crippen molar-refractivity contribution in [1.82, 2.24) is 9.78 Å². The lowest BCUT2D eigenvalue weighted by Crippen LogP contribution is -2.11. The number of rotatable bonds is 6. The van der Waals surface area contributed by atoms with Crippen molar-refractivity contribution in [3.05, 3.63) is 52.3 Å². The molecule has 0 unspecified atom stereocenters. The summed E-state index contributed by atoms with van der Waals surface area (Å²) in [5.74, 6) is -0.0190. The van der Waals surface area contributed by atoms with Gasteiger partial charge in [0.25, 0.3) is 0 Å². The molecule has 25 heavy (non-hydrogen) atoms. The molecule has 0 aliphatic heterocycles. The predicted molar refractivity (Wildman–Crippen MR) is 101 cm³/mol. The molecule has 2 rings (SSSR count). The van der Waals surface area contributed by atoms with Gasteiger partial charge in [-0.05, 0) is 38.0 Å². The number of para-hydroxylation sites is 1. The number of benzene rings is 1. The zero-order chi connectivity index (χ0) is 18.6. The van der Waals surface area contributed by atoms with Crippen LogP contribution in [0.2, 0.25) is 5.15 Å². The van der Waals surface area contributed by atoms with Gasteiger partial charge in [0.05, 0.1) is 11.4 Å². The van der Waals surface area contributed by atoms with Crippen LogP contribution in [0.15, 0.2) is 30.3 Å². The maximum atomic E-state index is 12.2. The molecule has 0 saturated carbocycles. The molecule has 1 aromatic carbocycles. The quantitative estimate of drug-likeness (QED) is 0.615. The molecule has 0 aliphatic carbocycles. The molecule has 0 fully saturated rings. The summed E-state index contributed by atoms with van der Waals surface area (Å²) in [6.45, 7) is 8.20. The number of hydrogen-bond acceptors (Lipinski definition) is 3. The lowest BCUT2D eigenvalue weighted by Gasteiger charge is -2.07. The number of hydrogen-bond donors (Lipinski definition) is 1. The van der Waals surface area contributed by atoms with Crippen LogP contribution in [0, 0.1) is 12.8 Å². The van der Waals surface area contributed by atoms with Crippen molar-refractivity contribution in [2.45, 2.75) is 34.2 Å². The normalized spacial score (nSPS) is 11.3.